The molecule has 2 aromatic carbocycles. The van der Waals surface area contributed by atoms with Crippen LogP contribution in [0, 0.1) is 0 Å². The van der Waals surface area contributed by atoms with Gasteiger partial charge in [-0.25, -0.2) is 13.1 Å². The van der Waals surface area contributed by atoms with E-state index in [-0.39, 0.29) is 5.75 Å². The first-order valence-electron chi connectivity index (χ1n) is 7.57. The van der Waals surface area contributed by atoms with Gasteiger partial charge >= 0.3 is 0 Å². The maximum absolute atomic E-state index is 12.1. The molecule has 0 aliphatic heterocycles. The van der Waals surface area contributed by atoms with Crippen LogP contribution in [0.15, 0.2) is 42.5 Å². The Morgan fingerprint density at radius 2 is 1.85 bits per heavy atom. The molecular weight excluding hydrogens is 380 g/mol. The number of methoxy groups -OCH3 is 2. The van der Waals surface area contributed by atoms with Crippen LogP contribution >= 0.6 is 11.6 Å². The Hall–Kier alpha value is -2.29. The summed E-state index contributed by atoms with van der Waals surface area (Å²) in [5, 5.41) is 2.94. The molecule has 0 spiro atoms. The topological polar surface area (TPSA) is 93.7 Å². The fraction of sp³-hybridized carbons (Fsp3) is 0.235. The fourth-order valence-electron chi connectivity index (χ4n) is 2.15. The predicted molar refractivity (Wildman–Crippen MR) is 100 cm³/mol. The maximum atomic E-state index is 12.1. The van der Waals surface area contributed by atoms with E-state index < -0.39 is 22.5 Å². The molecule has 1 amide bonds. The zero-order valence-corrected chi connectivity index (χ0v) is 15.9. The van der Waals surface area contributed by atoms with Crippen molar-refractivity contribution in [1.29, 1.82) is 0 Å². The highest BCUT2D eigenvalue weighted by atomic mass is 35.5. The van der Waals surface area contributed by atoms with E-state index in [9.17, 15) is 13.2 Å². The van der Waals surface area contributed by atoms with Gasteiger partial charge < -0.3 is 14.8 Å². The van der Waals surface area contributed by atoms with Gasteiger partial charge in [0.15, 0.2) is 0 Å². The highest BCUT2D eigenvalue weighted by Gasteiger charge is 2.16. The zero-order chi connectivity index (χ0) is 19.2. The summed E-state index contributed by atoms with van der Waals surface area (Å²) in [6, 6.07) is 11.5. The van der Waals surface area contributed by atoms with Gasteiger partial charge in [-0.3, -0.25) is 4.79 Å². The molecule has 9 heteroatoms. The third kappa shape index (κ3) is 5.62. The van der Waals surface area contributed by atoms with Gasteiger partial charge in [0.25, 0.3) is 0 Å². The van der Waals surface area contributed by atoms with Crippen LogP contribution in [0.2, 0.25) is 5.02 Å². The molecule has 0 saturated carbocycles. The Kier molecular flexibility index (Phi) is 6.84. The SMILES string of the molecule is COc1ccc(OC)c(NC(=O)CNS(=O)(=O)Cc2ccccc2Cl)c1. The van der Waals surface area contributed by atoms with Crippen molar-refractivity contribution in [3.63, 3.8) is 0 Å². The number of hydrogen-bond donors (Lipinski definition) is 2. The minimum atomic E-state index is -3.72. The Balaban J connectivity index is 1.99. The van der Waals surface area contributed by atoms with E-state index in [1.54, 1.807) is 42.5 Å². The van der Waals surface area contributed by atoms with Gasteiger partial charge in [-0.2, -0.15) is 0 Å². The molecule has 2 aromatic rings. The van der Waals surface area contributed by atoms with Crippen molar-refractivity contribution >= 4 is 33.2 Å². The van der Waals surface area contributed by atoms with E-state index in [4.69, 9.17) is 21.1 Å². The van der Waals surface area contributed by atoms with Crippen molar-refractivity contribution in [2.75, 3.05) is 26.1 Å². The van der Waals surface area contributed by atoms with Crippen molar-refractivity contribution < 1.29 is 22.7 Å². The lowest BCUT2D eigenvalue weighted by Gasteiger charge is -2.12. The van der Waals surface area contributed by atoms with Crippen LogP contribution < -0.4 is 19.5 Å². The number of anilines is 1. The molecular formula is C17H19ClN2O5S. The van der Waals surface area contributed by atoms with Crippen LogP contribution in [-0.4, -0.2) is 35.1 Å². The van der Waals surface area contributed by atoms with Crippen molar-refractivity contribution in [2.45, 2.75) is 5.75 Å². The second-order valence-electron chi connectivity index (χ2n) is 5.29. The fourth-order valence-corrected chi connectivity index (χ4v) is 3.55. The van der Waals surface area contributed by atoms with Crippen LogP contribution in [0.1, 0.15) is 5.56 Å². The summed E-state index contributed by atoms with van der Waals surface area (Å²) in [5.74, 6) is 0.0976. The summed E-state index contributed by atoms with van der Waals surface area (Å²) < 4.78 is 36.8. The summed E-state index contributed by atoms with van der Waals surface area (Å²) >= 11 is 5.97. The number of hydrogen-bond acceptors (Lipinski definition) is 5. The number of benzene rings is 2. The molecule has 26 heavy (non-hydrogen) atoms. The molecule has 140 valence electrons. The summed E-state index contributed by atoms with van der Waals surface area (Å²) in [4.78, 5) is 12.1. The van der Waals surface area contributed by atoms with Gasteiger partial charge in [-0.1, -0.05) is 29.8 Å². The molecule has 7 nitrogen and oxygen atoms in total. The van der Waals surface area contributed by atoms with Crippen LogP contribution in [0.25, 0.3) is 0 Å². The van der Waals surface area contributed by atoms with Gasteiger partial charge in [-0.15, -0.1) is 0 Å². The molecule has 0 unspecified atom stereocenters. The minimum Gasteiger partial charge on any atom is -0.497 e. The number of carbonyl (C=O) groups is 1. The van der Waals surface area contributed by atoms with Crippen molar-refractivity contribution in [1.82, 2.24) is 4.72 Å². The molecule has 0 aromatic heterocycles. The number of halogens is 1. The van der Waals surface area contributed by atoms with Crippen LogP contribution in [0.5, 0.6) is 11.5 Å². The second-order valence-corrected chi connectivity index (χ2v) is 7.50. The molecule has 0 aliphatic rings. The van der Waals surface area contributed by atoms with E-state index in [2.05, 4.69) is 10.0 Å². The average molecular weight is 399 g/mol. The Morgan fingerprint density at radius 1 is 1.12 bits per heavy atom. The molecule has 2 N–H and O–H groups in total. The van der Waals surface area contributed by atoms with E-state index in [1.165, 1.54) is 14.2 Å². The normalized spacial score (nSPS) is 11.0. The number of ether oxygens (including phenoxy) is 2. The first-order chi connectivity index (χ1) is 12.3. The summed E-state index contributed by atoms with van der Waals surface area (Å²) in [6.07, 6.45) is 0. The monoisotopic (exact) mass is 398 g/mol. The third-order valence-corrected chi connectivity index (χ3v) is 5.08. The predicted octanol–water partition coefficient (Wildman–Crippen LogP) is 2.42. The first-order valence-corrected chi connectivity index (χ1v) is 9.60. The minimum absolute atomic E-state index is 0.317. The van der Waals surface area contributed by atoms with Crippen LogP contribution in [0.4, 0.5) is 5.69 Å². The largest absolute Gasteiger partial charge is 0.497 e. The molecule has 2 rings (SSSR count). The van der Waals surface area contributed by atoms with Gasteiger partial charge in [-0.05, 0) is 23.8 Å². The lowest BCUT2D eigenvalue weighted by atomic mass is 10.2. The lowest BCUT2D eigenvalue weighted by molar-refractivity contribution is -0.115. The number of nitrogens with one attached hydrogen (secondary N) is 2. The number of sulfonamides is 1. The van der Waals surface area contributed by atoms with Crippen LogP contribution in [0.3, 0.4) is 0 Å². The molecule has 0 atom stereocenters. The molecule has 0 aliphatic carbocycles. The smallest absolute Gasteiger partial charge is 0.239 e. The quantitative estimate of drug-likeness (QED) is 0.712. The Labute approximate surface area is 157 Å². The molecule has 0 saturated heterocycles. The van der Waals surface area contributed by atoms with Gasteiger partial charge in [0.2, 0.25) is 15.9 Å². The van der Waals surface area contributed by atoms with E-state index in [0.29, 0.717) is 27.8 Å². The molecule has 0 fully saturated rings. The highest BCUT2D eigenvalue weighted by Crippen LogP contribution is 2.28. The van der Waals surface area contributed by atoms with Crippen molar-refractivity contribution in [2.24, 2.45) is 0 Å². The lowest BCUT2D eigenvalue weighted by Crippen LogP contribution is -2.33. The average Bonchev–Trinajstić information content (AvgIpc) is 2.62. The third-order valence-electron chi connectivity index (χ3n) is 3.44. The molecule has 0 bridgehead atoms. The van der Waals surface area contributed by atoms with Gasteiger partial charge in [0.1, 0.15) is 11.5 Å². The Morgan fingerprint density at radius 3 is 2.50 bits per heavy atom. The van der Waals surface area contributed by atoms with Gasteiger partial charge in [0.05, 0.1) is 32.2 Å². The van der Waals surface area contributed by atoms with E-state index in [0.717, 1.165) is 0 Å². The Bertz CT molecular complexity index is 886. The van der Waals surface area contributed by atoms with Crippen LogP contribution in [-0.2, 0) is 20.6 Å². The summed E-state index contributed by atoms with van der Waals surface area (Å²) in [6.45, 7) is -0.423. The summed E-state index contributed by atoms with van der Waals surface area (Å²) in [7, 11) is -0.766. The molecule has 0 radical (unpaired) electrons. The van der Waals surface area contributed by atoms with Crippen molar-refractivity contribution in [3.05, 3.63) is 53.1 Å². The van der Waals surface area contributed by atoms with Gasteiger partial charge in [0, 0.05) is 11.1 Å². The zero-order valence-electron chi connectivity index (χ0n) is 14.3. The maximum Gasteiger partial charge on any atom is 0.239 e. The second kappa shape index (κ2) is 8.88. The van der Waals surface area contributed by atoms with Crippen molar-refractivity contribution in [3.8, 4) is 11.5 Å². The number of rotatable bonds is 8. The summed E-state index contributed by atoms with van der Waals surface area (Å²) in [5.41, 5.74) is 0.832. The number of carbonyl (C=O) groups excluding carboxylic acids is 1. The van der Waals surface area contributed by atoms with E-state index >= 15 is 0 Å². The first kappa shape index (κ1) is 20.0. The molecule has 0 heterocycles. The number of amides is 1. The van der Waals surface area contributed by atoms with E-state index in [1.807, 2.05) is 0 Å². The standard InChI is InChI=1S/C17H19ClN2O5S/c1-24-13-7-8-16(25-2)15(9-13)20-17(21)10-19-26(22,23)11-12-5-3-4-6-14(12)18/h3-9,19H,10-11H2,1-2H3,(H,20,21). The highest BCUT2D eigenvalue weighted by molar-refractivity contribution is 7.88.